The largest absolute Gasteiger partial charge is 0.380 e. The first-order valence-electron chi connectivity index (χ1n) is 5.62. The van der Waals surface area contributed by atoms with E-state index in [-0.39, 0.29) is 11.0 Å². The first-order valence-corrected chi connectivity index (χ1v) is 6.61. The van der Waals surface area contributed by atoms with Crippen molar-refractivity contribution in [3.8, 4) is 0 Å². The topological polar surface area (TPSA) is 46.6 Å². The Morgan fingerprint density at radius 2 is 2.38 bits per heavy atom. The summed E-state index contributed by atoms with van der Waals surface area (Å²) in [4.78, 5) is 24.3. The third kappa shape index (κ3) is 4.53. The van der Waals surface area contributed by atoms with E-state index in [4.69, 9.17) is 4.74 Å². The molecule has 1 amide bonds. The highest BCUT2D eigenvalue weighted by Crippen LogP contribution is 2.21. The molecule has 1 saturated heterocycles. The summed E-state index contributed by atoms with van der Waals surface area (Å²) < 4.78 is 5.22. The molecule has 1 aliphatic heterocycles. The highest BCUT2D eigenvalue weighted by Gasteiger charge is 2.29. The van der Waals surface area contributed by atoms with Crippen LogP contribution in [0, 0.1) is 5.92 Å². The first kappa shape index (κ1) is 13.5. The molecule has 1 fully saturated rings. The molecule has 5 heteroatoms. The van der Waals surface area contributed by atoms with E-state index in [0.29, 0.717) is 32.1 Å². The van der Waals surface area contributed by atoms with E-state index in [1.807, 2.05) is 11.8 Å². The monoisotopic (exact) mass is 245 g/mol. The molecule has 0 N–H and O–H groups in total. The van der Waals surface area contributed by atoms with E-state index in [2.05, 4.69) is 0 Å². The van der Waals surface area contributed by atoms with Crippen molar-refractivity contribution in [2.75, 3.05) is 32.1 Å². The lowest BCUT2D eigenvalue weighted by Crippen LogP contribution is -2.29. The number of likely N-dealkylation sites (tertiary alicyclic amines) is 1. The maximum atomic E-state index is 11.6. The molecule has 0 aliphatic carbocycles. The number of carbonyl (C=O) groups is 2. The van der Waals surface area contributed by atoms with Crippen molar-refractivity contribution in [3.05, 3.63) is 0 Å². The Balaban J connectivity index is 2.24. The van der Waals surface area contributed by atoms with Crippen LogP contribution in [0.1, 0.15) is 20.3 Å². The fraction of sp³-hybridized carbons (Fsp3) is 0.818. The van der Waals surface area contributed by atoms with E-state index in [1.165, 1.54) is 11.8 Å². The third-order valence-corrected chi connectivity index (χ3v) is 3.57. The van der Waals surface area contributed by atoms with Crippen LogP contribution >= 0.6 is 11.8 Å². The summed E-state index contributed by atoms with van der Waals surface area (Å²) >= 11 is 1.31. The Bertz CT molecular complexity index is 258. The second-order valence-electron chi connectivity index (χ2n) is 3.91. The molecule has 0 aromatic carbocycles. The van der Waals surface area contributed by atoms with Gasteiger partial charge in [-0.15, -0.1) is 0 Å². The van der Waals surface area contributed by atoms with Crippen LogP contribution in [-0.2, 0) is 14.3 Å². The van der Waals surface area contributed by atoms with Gasteiger partial charge in [-0.25, -0.2) is 0 Å². The van der Waals surface area contributed by atoms with Crippen molar-refractivity contribution in [1.29, 1.82) is 0 Å². The minimum absolute atomic E-state index is 0.125. The molecule has 0 aromatic heterocycles. The van der Waals surface area contributed by atoms with Crippen LogP contribution in [0.5, 0.6) is 0 Å². The van der Waals surface area contributed by atoms with Gasteiger partial charge in [-0.1, -0.05) is 11.8 Å². The van der Waals surface area contributed by atoms with Crippen LogP contribution in [0.25, 0.3) is 0 Å². The Labute approximate surface area is 101 Å². The zero-order valence-electron chi connectivity index (χ0n) is 9.90. The van der Waals surface area contributed by atoms with Crippen molar-refractivity contribution in [2.45, 2.75) is 20.3 Å². The molecule has 1 rings (SSSR count). The normalized spacial score (nSPS) is 20.5. The molecular weight excluding hydrogens is 226 g/mol. The van der Waals surface area contributed by atoms with E-state index in [0.717, 1.165) is 12.3 Å². The molecule has 1 aliphatic rings. The van der Waals surface area contributed by atoms with E-state index >= 15 is 0 Å². The average Bonchev–Trinajstić information content (AvgIpc) is 2.57. The van der Waals surface area contributed by atoms with Gasteiger partial charge < -0.3 is 9.64 Å². The molecular formula is C11H19NO3S. The maximum Gasteiger partial charge on any atom is 0.223 e. The minimum atomic E-state index is 0.125. The number of thioether (sulfide) groups is 1. The number of hydrogen-bond acceptors (Lipinski definition) is 4. The summed E-state index contributed by atoms with van der Waals surface area (Å²) in [6.07, 6.45) is 0.576. The van der Waals surface area contributed by atoms with Crippen LogP contribution in [-0.4, -0.2) is 48.0 Å². The average molecular weight is 245 g/mol. The van der Waals surface area contributed by atoms with Crippen molar-refractivity contribution < 1.29 is 14.3 Å². The molecule has 0 saturated carbocycles. The van der Waals surface area contributed by atoms with Gasteiger partial charge in [-0.2, -0.15) is 0 Å². The van der Waals surface area contributed by atoms with Gasteiger partial charge in [0.05, 0.1) is 6.61 Å². The number of rotatable bonds is 6. The lowest BCUT2D eigenvalue weighted by Gasteiger charge is -2.16. The molecule has 0 bridgehead atoms. The SMILES string of the molecule is CCOCCN1CC(CSC(C)=O)CC1=O. The summed E-state index contributed by atoms with van der Waals surface area (Å²) in [5.74, 6) is 1.27. The summed E-state index contributed by atoms with van der Waals surface area (Å²) in [6.45, 7) is 6.24. The zero-order valence-corrected chi connectivity index (χ0v) is 10.7. The minimum Gasteiger partial charge on any atom is -0.380 e. The second-order valence-corrected chi connectivity index (χ2v) is 5.11. The standard InChI is InChI=1S/C11H19NO3S/c1-3-15-5-4-12-7-10(6-11(12)14)8-16-9(2)13/h10H,3-8H2,1-2H3. The van der Waals surface area contributed by atoms with Crippen molar-refractivity contribution in [1.82, 2.24) is 4.90 Å². The fourth-order valence-electron chi connectivity index (χ4n) is 1.74. The molecule has 1 atom stereocenters. The van der Waals surface area contributed by atoms with Crippen LogP contribution in [0.3, 0.4) is 0 Å². The summed E-state index contributed by atoms with van der Waals surface area (Å²) in [5, 5.41) is 0.125. The molecule has 1 heterocycles. The molecule has 0 radical (unpaired) electrons. The Morgan fingerprint density at radius 3 is 3.00 bits per heavy atom. The van der Waals surface area contributed by atoms with Gasteiger partial charge in [0.25, 0.3) is 0 Å². The second kappa shape index (κ2) is 6.91. The predicted molar refractivity (Wildman–Crippen MR) is 64.3 cm³/mol. The number of carbonyl (C=O) groups excluding carboxylic acids is 2. The highest BCUT2D eigenvalue weighted by atomic mass is 32.2. The van der Waals surface area contributed by atoms with E-state index in [1.54, 1.807) is 6.92 Å². The number of amides is 1. The Morgan fingerprint density at radius 1 is 1.62 bits per heavy atom. The Kier molecular flexibility index (Phi) is 5.84. The highest BCUT2D eigenvalue weighted by molar-refractivity contribution is 8.13. The molecule has 4 nitrogen and oxygen atoms in total. The first-order chi connectivity index (χ1) is 7.63. The van der Waals surface area contributed by atoms with Crippen molar-refractivity contribution >= 4 is 22.8 Å². The molecule has 16 heavy (non-hydrogen) atoms. The van der Waals surface area contributed by atoms with Crippen LogP contribution in [0.15, 0.2) is 0 Å². The molecule has 0 spiro atoms. The lowest BCUT2D eigenvalue weighted by molar-refractivity contribution is -0.128. The van der Waals surface area contributed by atoms with Gasteiger partial charge in [0.2, 0.25) is 5.91 Å². The van der Waals surface area contributed by atoms with Crippen LogP contribution in [0.4, 0.5) is 0 Å². The third-order valence-electron chi connectivity index (χ3n) is 2.53. The predicted octanol–water partition coefficient (Wildman–Crippen LogP) is 1.15. The molecule has 92 valence electrons. The number of nitrogens with zero attached hydrogens (tertiary/aromatic N) is 1. The van der Waals surface area contributed by atoms with E-state index in [9.17, 15) is 9.59 Å². The number of hydrogen-bond donors (Lipinski definition) is 0. The van der Waals surface area contributed by atoms with Crippen molar-refractivity contribution in [2.24, 2.45) is 5.92 Å². The molecule has 0 aromatic rings. The lowest BCUT2D eigenvalue weighted by atomic mass is 10.1. The van der Waals surface area contributed by atoms with Gasteiger partial charge >= 0.3 is 0 Å². The van der Waals surface area contributed by atoms with Gasteiger partial charge in [-0.05, 0) is 12.8 Å². The maximum absolute atomic E-state index is 11.6. The summed E-state index contributed by atoms with van der Waals surface area (Å²) in [5.41, 5.74) is 0. The number of ether oxygens (including phenoxy) is 1. The van der Waals surface area contributed by atoms with Gasteiger partial charge in [-0.3, -0.25) is 9.59 Å². The van der Waals surface area contributed by atoms with Gasteiger partial charge in [0, 0.05) is 38.8 Å². The smallest absolute Gasteiger partial charge is 0.223 e. The Hall–Kier alpha value is -0.550. The quantitative estimate of drug-likeness (QED) is 0.659. The zero-order chi connectivity index (χ0) is 12.0. The van der Waals surface area contributed by atoms with Gasteiger partial charge in [0.1, 0.15) is 0 Å². The molecule has 1 unspecified atom stereocenters. The van der Waals surface area contributed by atoms with Gasteiger partial charge in [0.15, 0.2) is 5.12 Å². The van der Waals surface area contributed by atoms with Crippen LogP contribution < -0.4 is 0 Å². The summed E-state index contributed by atoms with van der Waals surface area (Å²) in [6, 6.07) is 0. The fourth-order valence-corrected chi connectivity index (χ4v) is 2.43. The van der Waals surface area contributed by atoms with Crippen molar-refractivity contribution in [3.63, 3.8) is 0 Å². The van der Waals surface area contributed by atoms with Crippen LogP contribution in [0.2, 0.25) is 0 Å². The summed E-state index contributed by atoms with van der Waals surface area (Å²) in [7, 11) is 0. The van der Waals surface area contributed by atoms with E-state index < -0.39 is 0 Å².